The topological polar surface area (TPSA) is 46.5 Å². The molecule has 0 radical (unpaired) electrons. The third-order valence-corrected chi connectivity index (χ3v) is 8.06. The number of carbonyl (C=O) groups is 1. The lowest BCUT2D eigenvalue weighted by atomic mass is 9.47. The van der Waals surface area contributed by atoms with E-state index in [1.54, 1.807) is 0 Å². The molecule has 4 aliphatic carbocycles. The molecule has 0 heterocycles. The molecular weight excluding hydrogens is 288 g/mol. The molecule has 0 aromatic carbocycles. The molecule has 0 amide bonds. The largest absolute Gasteiger partial charge is 0.393 e. The van der Waals surface area contributed by atoms with Crippen LogP contribution in [0.15, 0.2) is 11.6 Å². The van der Waals surface area contributed by atoms with E-state index in [2.05, 4.69) is 19.9 Å². The summed E-state index contributed by atoms with van der Waals surface area (Å²) in [6.07, 6.45) is 9.01. The number of ketones is 1. The normalized spacial score (nSPS) is 52.4. The number of aliphatic hydroxyl groups is 1. The van der Waals surface area contributed by atoms with Crippen LogP contribution in [0, 0.1) is 28.6 Å². The molecule has 23 heavy (non-hydrogen) atoms. The van der Waals surface area contributed by atoms with Gasteiger partial charge in [-0.2, -0.15) is 0 Å². The molecule has 0 saturated heterocycles. The monoisotopic (exact) mass is 318 g/mol. The fourth-order valence-corrected chi connectivity index (χ4v) is 6.60. The van der Waals surface area contributed by atoms with Crippen LogP contribution in [0.3, 0.4) is 0 Å². The highest BCUT2D eigenvalue weighted by atomic mass is 16.5. The van der Waals surface area contributed by atoms with Crippen molar-refractivity contribution < 1.29 is 14.6 Å². The van der Waals surface area contributed by atoms with Crippen LogP contribution in [-0.4, -0.2) is 30.2 Å². The summed E-state index contributed by atoms with van der Waals surface area (Å²) in [5, 5.41) is 10.1. The van der Waals surface area contributed by atoms with Crippen LogP contribution in [0.4, 0.5) is 0 Å². The highest BCUT2D eigenvalue weighted by Crippen LogP contribution is 2.64. The zero-order chi connectivity index (χ0) is 16.4. The summed E-state index contributed by atoms with van der Waals surface area (Å²) in [6.45, 7) is 4.62. The fraction of sp³-hybridized carbons (Fsp3) is 0.850. The zero-order valence-electron chi connectivity index (χ0n) is 14.7. The Morgan fingerprint density at radius 2 is 1.83 bits per heavy atom. The molecule has 3 nitrogen and oxygen atoms in total. The van der Waals surface area contributed by atoms with Gasteiger partial charge in [-0.3, -0.25) is 4.79 Å². The van der Waals surface area contributed by atoms with Gasteiger partial charge in [-0.15, -0.1) is 0 Å². The Morgan fingerprint density at radius 1 is 1.13 bits per heavy atom. The molecule has 4 aliphatic rings. The molecule has 128 valence electrons. The Hall–Kier alpha value is -0.670. The summed E-state index contributed by atoms with van der Waals surface area (Å²) >= 11 is 0. The standard InChI is InChI=1S/C20H30O3/c1-19-8-6-13(21)10-12(19)11-16(23-3)18-14-4-5-17(22)20(14,2)9-7-15(18)19/h11,13-16,18,21H,4-10H2,1-3H3/t13-,14?,15?,16?,18?,19-,20-/m0/s1. The maximum Gasteiger partial charge on any atom is 0.139 e. The molecular formula is C20H30O3. The second-order valence-electron chi connectivity index (χ2n) is 8.91. The second kappa shape index (κ2) is 5.16. The molecule has 1 N–H and O–H groups in total. The number of Topliss-reactive ketones (excluding diaryl/α,β-unsaturated/α-hetero) is 1. The third-order valence-electron chi connectivity index (χ3n) is 8.06. The number of hydrogen-bond donors (Lipinski definition) is 1. The van der Waals surface area contributed by atoms with E-state index in [4.69, 9.17) is 4.74 Å². The lowest BCUT2D eigenvalue weighted by Gasteiger charge is -2.58. The van der Waals surface area contributed by atoms with Crippen molar-refractivity contribution in [3.8, 4) is 0 Å². The fourth-order valence-electron chi connectivity index (χ4n) is 6.60. The van der Waals surface area contributed by atoms with Crippen LogP contribution >= 0.6 is 0 Å². The van der Waals surface area contributed by atoms with Gasteiger partial charge in [0.2, 0.25) is 0 Å². The molecule has 0 aromatic heterocycles. The predicted molar refractivity (Wildman–Crippen MR) is 88.9 cm³/mol. The second-order valence-corrected chi connectivity index (χ2v) is 8.91. The molecule has 3 heteroatoms. The van der Waals surface area contributed by atoms with E-state index < -0.39 is 0 Å². The Labute approximate surface area is 139 Å². The summed E-state index contributed by atoms with van der Waals surface area (Å²) < 4.78 is 5.91. The Bertz CT molecular complexity index is 553. The first kappa shape index (κ1) is 15.8. The van der Waals surface area contributed by atoms with Crippen LogP contribution in [0.25, 0.3) is 0 Å². The van der Waals surface area contributed by atoms with Gasteiger partial charge in [-0.25, -0.2) is 0 Å². The molecule has 4 rings (SSSR count). The molecule has 0 aromatic rings. The zero-order valence-corrected chi connectivity index (χ0v) is 14.7. The number of fused-ring (bicyclic) bond motifs is 5. The predicted octanol–water partition coefficient (Wildman–Crippen LogP) is 3.50. The Morgan fingerprint density at radius 3 is 2.57 bits per heavy atom. The lowest BCUT2D eigenvalue weighted by molar-refractivity contribution is -0.137. The molecule has 0 bridgehead atoms. The van der Waals surface area contributed by atoms with E-state index in [-0.39, 0.29) is 23.0 Å². The van der Waals surface area contributed by atoms with Gasteiger partial charge in [-0.1, -0.05) is 25.5 Å². The molecule has 4 unspecified atom stereocenters. The summed E-state index contributed by atoms with van der Waals surface area (Å²) in [6, 6.07) is 0. The first-order chi connectivity index (χ1) is 10.9. The van der Waals surface area contributed by atoms with Crippen LogP contribution in [0.1, 0.15) is 58.8 Å². The maximum atomic E-state index is 12.5. The number of aliphatic hydroxyl groups excluding tert-OH is 1. The van der Waals surface area contributed by atoms with Gasteiger partial charge >= 0.3 is 0 Å². The number of ether oxygens (including phenoxy) is 1. The van der Waals surface area contributed by atoms with E-state index in [1.165, 1.54) is 5.57 Å². The van der Waals surface area contributed by atoms with Crippen molar-refractivity contribution in [3.63, 3.8) is 0 Å². The average molecular weight is 318 g/mol. The van der Waals surface area contributed by atoms with Crippen LogP contribution < -0.4 is 0 Å². The first-order valence-corrected chi connectivity index (χ1v) is 9.35. The van der Waals surface area contributed by atoms with E-state index in [9.17, 15) is 9.90 Å². The van der Waals surface area contributed by atoms with Crippen molar-refractivity contribution in [1.82, 2.24) is 0 Å². The average Bonchev–Trinajstić information content (AvgIpc) is 2.83. The number of rotatable bonds is 1. The maximum absolute atomic E-state index is 12.5. The van der Waals surface area contributed by atoms with Crippen molar-refractivity contribution in [1.29, 1.82) is 0 Å². The van der Waals surface area contributed by atoms with Gasteiger partial charge in [0, 0.05) is 18.9 Å². The number of hydrogen-bond acceptors (Lipinski definition) is 3. The highest BCUT2D eigenvalue weighted by molar-refractivity contribution is 5.87. The van der Waals surface area contributed by atoms with Crippen molar-refractivity contribution >= 4 is 5.78 Å². The van der Waals surface area contributed by atoms with E-state index in [0.29, 0.717) is 23.5 Å². The van der Waals surface area contributed by atoms with Crippen LogP contribution in [0.5, 0.6) is 0 Å². The Balaban J connectivity index is 1.76. The van der Waals surface area contributed by atoms with Gasteiger partial charge in [0.15, 0.2) is 0 Å². The van der Waals surface area contributed by atoms with Crippen LogP contribution in [0.2, 0.25) is 0 Å². The molecule has 0 spiro atoms. The van der Waals surface area contributed by atoms with E-state index in [0.717, 1.165) is 44.9 Å². The lowest BCUT2D eigenvalue weighted by Crippen LogP contribution is -2.55. The van der Waals surface area contributed by atoms with Gasteiger partial charge < -0.3 is 9.84 Å². The number of methoxy groups -OCH3 is 1. The number of carbonyl (C=O) groups excluding carboxylic acids is 1. The van der Waals surface area contributed by atoms with E-state index >= 15 is 0 Å². The summed E-state index contributed by atoms with van der Waals surface area (Å²) in [4.78, 5) is 12.5. The van der Waals surface area contributed by atoms with Gasteiger partial charge in [0.1, 0.15) is 5.78 Å². The van der Waals surface area contributed by atoms with Gasteiger partial charge in [-0.05, 0) is 61.7 Å². The van der Waals surface area contributed by atoms with Crippen molar-refractivity contribution in [2.24, 2.45) is 28.6 Å². The van der Waals surface area contributed by atoms with Crippen molar-refractivity contribution in [2.75, 3.05) is 7.11 Å². The van der Waals surface area contributed by atoms with E-state index in [1.807, 2.05) is 7.11 Å². The minimum absolute atomic E-state index is 0.115. The molecule has 3 fully saturated rings. The first-order valence-electron chi connectivity index (χ1n) is 9.35. The van der Waals surface area contributed by atoms with Gasteiger partial charge in [0.25, 0.3) is 0 Å². The SMILES string of the molecule is COC1C=C2C[C@@H](O)CC[C@]2(C)C2CC[C@]3(C)C(=O)CCC3C12. The molecule has 0 aliphatic heterocycles. The summed E-state index contributed by atoms with van der Waals surface area (Å²) in [7, 11) is 1.81. The third kappa shape index (κ3) is 2.05. The smallest absolute Gasteiger partial charge is 0.139 e. The summed E-state index contributed by atoms with van der Waals surface area (Å²) in [5.74, 6) is 2.02. The molecule has 7 atom stereocenters. The minimum atomic E-state index is -0.190. The summed E-state index contributed by atoms with van der Waals surface area (Å²) in [5.41, 5.74) is 1.50. The van der Waals surface area contributed by atoms with Crippen molar-refractivity contribution in [2.45, 2.75) is 71.0 Å². The van der Waals surface area contributed by atoms with Crippen LogP contribution in [-0.2, 0) is 9.53 Å². The van der Waals surface area contributed by atoms with Crippen molar-refractivity contribution in [3.05, 3.63) is 11.6 Å². The Kier molecular flexibility index (Phi) is 3.55. The van der Waals surface area contributed by atoms with Gasteiger partial charge in [0.05, 0.1) is 12.2 Å². The highest BCUT2D eigenvalue weighted by Gasteiger charge is 2.60. The molecule has 3 saturated carbocycles. The minimum Gasteiger partial charge on any atom is -0.393 e. The quantitative estimate of drug-likeness (QED) is 0.753.